The molecule has 1 aromatic heterocycles. The highest BCUT2D eigenvalue weighted by molar-refractivity contribution is 7.07. The Hall–Kier alpha value is -1.01. The Morgan fingerprint density at radius 2 is 2.43 bits per heavy atom. The Morgan fingerprint density at radius 3 is 2.93 bits per heavy atom. The van der Waals surface area contributed by atoms with E-state index in [1.165, 1.54) is 0 Å². The van der Waals surface area contributed by atoms with E-state index in [1.807, 2.05) is 6.92 Å². The van der Waals surface area contributed by atoms with E-state index in [1.54, 1.807) is 14.0 Å². The van der Waals surface area contributed by atoms with Crippen LogP contribution in [0.1, 0.15) is 22.6 Å². The Balaban J connectivity index is 2.50. The molecule has 14 heavy (non-hydrogen) atoms. The average molecular weight is 215 g/mol. The van der Waals surface area contributed by atoms with Crippen LogP contribution < -0.4 is 5.32 Å². The number of carbonyl (C=O) groups is 1. The molecule has 0 aliphatic heterocycles. The lowest BCUT2D eigenvalue weighted by molar-refractivity contribution is 0.0905. The van der Waals surface area contributed by atoms with Gasteiger partial charge in [0.25, 0.3) is 5.91 Å². The number of rotatable bonds is 4. The smallest absolute Gasteiger partial charge is 0.282 e. The first-order valence-corrected chi connectivity index (χ1v) is 5.01. The van der Waals surface area contributed by atoms with Gasteiger partial charge in [-0.1, -0.05) is 0 Å². The zero-order valence-electron chi connectivity index (χ0n) is 8.40. The van der Waals surface area contributed by atoms with Crippen molar-refractivity contribution in [2.75, 3.05) is 13.7 Å². The number of hydrogen-bond acceptors (Lipinski definition) is 5. The predicted octanol–water partition coefficient (Wildman–Crippen LogP) is 0.611. The van der Waals surface area contributed by atoms with Gasteiger partial charge < -0.3 is 10.1 Å². The molecule has 1 amide bonds. The van der Waals surface area contributed by atoms with Gasteiger partial charge in [0.2, 0.25) is 5.01 Å². The molecule has 0 saturated carbocycles. The number of aryl methyl sites for hydroxylation is 1. The average Bonchev–Trinajstić information content (AvgIpc) is 2.52. The van der Waals surface area contributed by atoms with Gasteiger partial charge >= 0.3 is 0 Å². The maximum Gasteiger partial charge on any atom is 0.282 e. The summed E-state index contributed by atoms with van der Waals surface area (Å²) < 4.78 is 8.83. The number of nitrogens with one attached hydrogen (secondary N) is 1. The van der Waals surface area contributed by atoms with Crippen molar-refractivity contribution in [3.63, 3.8) is 0 Å². The monoisotopic (exact) mass is 215 g/mol. The van der Waals surface area contributed by atoms with E-state index in [2.05, 4.69) is 14.7 Å². The summed E-state index contributed by atoms with van der Waals surface area (Å²) in [5.41, 5.74) is 0. The van der Waals surface area contributed by atoms with Crippen molar-refractivity contribution in [2.24, 2.45) is 0 Å². The van der Waals surface area contributed by atoms with Crippen LogP contribution in [0.5, 0.6) is 0 Å². The van der Waals surface area contributed by atoms with Gasteiger partial charge in [0.1, 0.15) is 5.82 Å². The summed E-state index contributed by atoms with van der Waals surface area (Å²) >= 11 is 1.10. The Bertz CT molecular complexity index is 313. The molecule has 5 nitrogen and oxygen atoms in total. The molecule has 0 saturated heterocycles. The first kappa shape index (κ1) is 11.1. The van der Waals surface area contributed by atoms with Crippen LogP contribution in [0.15, 0.2) is 0 Å². The standard InChI is InChI=1S/C8H13N3O2S/c1-5(4-13-3)9-7(12)8-10-6(2)11-14-8/h5H,4H2,1-3H3,(H,9,12)/t5-/m0/s1. The van der Waals surface area contributed by atoms with Crippen molar-refractivity contribution in [1.29, 1.82) is 0 Å². The highest BCUT2D eigenvalue weighted by atomic mass is 32.1. The van der Waals surface area contributed by atoms with E-state index in [4.69, 9.17) is 4.74 Å². The second-order valence-corrected chi connectivity index (χ2v) is 3.73. The van der Waals surface area contributed by atoms with Gasteiger partial charge in [0.05, 0.1) is 6.61 Å². The number of methoxy groups -OCH3 is 1. The van der Waals surface area contributed by atoms with Gasteiger partial charge in [-0.15, -0.1) is 0 Å². The molecule has 6 heteroatoms. The molecule has 0 aliphatic carbocycles. The lowest BCUT2D eigenvalue weighted by Gasteiger charge is -2.10. The molecule has 0 bridgehead atoms. The van der Waals surface area contributed by atoms with Crippen molar-refractivity contribution >= 4 is 17.4 Å². The largest absolute Gasteiger partial charge is 0.383 e. The molecule has 78 valence electrons. The highest BCUT2D eigenvalue weighted by Gasteiger charge is 2.13. The molecule has 1 rings (SSSR count). The van der Waals surface area contributed by atoms with Crippen LogP contribution in [0.4, 0.5) is 0 Å². The summed E-state index contributed by atoms with van der Waals surface area (Å²) in [7, 11) is 1.59. The summed E-state index contributed by atoms with van der Waals surface area (Å²) in [6, 6.07) is -0.0169. The van der Waals surface area contributed by atoms with E-state index in [0.29, 0.717) is 17.4 Å². The van der Waals surface area contributed by atoms with Crippen molar-refractivity contribution in [2.45, 2.75) is 19.9 Å². The van der Waals surface area contributed by atoms with Gasteiger partial charge in [0.15, 0.2) is 0 Å². The third kappa shape index (κ3) is 3.04. The molecule has 1 heterocycles. The van der Waals surface area contributed by atoms with Crippen LogP contribution >= 0.6 is 11.5 Å². The highest BCUT2D eigenvalue weighted by Crippen LogP contribution is 2.03. The second kappa shape index (κ2) is 5.02. The quantitative estimate of drug-likeness (QED) is 0.799. The molecule has 0 spiro atoms. The van der Waals surface area contributed by atoms with Gasteiger partial charge in [-0.25, -0.2) is 4.98 Å². The van der Waals surface area contributed by atoms with Crippen molar-refractivity contribution < 1.29 is 9.53 Å². The van der Waals surface area contributed by atoms with E-state index < -0.39 is 0 Å². The molecule has 0 aliphatic rings. The zero-order chi connectivity index (χ0) is 10.6. The molecule has 0 fully saturated rings. The topological polar surface area (TPSA) is 64.1 Å². The fourth-order valence-corrected chi connectivity index (χ4v) is 1.54. The third-order valence-electron chi connectivity index (χ3n) is 1.52. The van der Waals surface area contributed by atoms with E-state index in [-0.39, 0.29) is 11.9 Å². The lowest BCUT2D eigenvalue weighted by atomic mass is 10.3. The van der Waals surface area contributed by atoms with Crippen LogP contribution in [0.2, 0.25) is 0 Å². The number of hydrogen-bond donors (Lipinski definition) is 1. The molecule has 1 atom stereocenters. The fourth-order valence-electron chi connectivity index (χ4n) is 0.966. The van der Waals surface area contributed by atoms with Crippen molar-refractivity contribution in [3.05, 3.63) is 10.8 Å². The van der Waals surface area contributed by atoms with Gasteiger partial charge in [-0.2, -0.15) is 4.37 Å². The molecule has 0 radical (unpaired) electrons. The summed E-state index contributed by atoms with van der Waals surface area (Å²) in [4.78, 5) is 15.5. The van der Waals surface area contributed by atoms with Crippen molar-refractivity contribution in [3.8, 4) is 0 Å². The number of carbonyl (C=O) groups excluding carboxylic acids is 1. The minimum atomic E-state index is -0.194. The Morgan fingerprint density at radius 1 is 1.71 bits per heavy atom. The third-order valence-corrected chi connectivity index (χ3v) is 2.32. The maximum atomic E-state index is 11.5. The maximum absolute atomic E-state index is 11.5. The van der Waals surface area contributed by atoms with E-state index in [0.717, 1.165) is 11.5 Å². The summed E-state index contributed by atoms with van der Waals surface area (Å²) in [5.74, 6) is 0.430. The minimum absolute atomic E-state index is 0.0169. The number of nitrogens with zero attached hydrogens (tertiary/aromatic N) is 2. The number of ether oxygens (including phenoxy) is 1. The van der Waals surface area contributed by atoms with Crippen LogP contribution in [-0.2, 0) is 4.74 Å². The molecule has 0 aromatic carbocycles. The first-order chi connectivity index (χ1) is 6.63. The SMILES string of the molecule is COC[C@H](C)NC(=O)c1nc(C)ns1. The van der Waals surface area contributed by atoms with Crippen LogP contribution in [0, 0.1) is 6.92 Å². The molecular formula is C8H13N3O2S. The van der Waals surface area contributed by atoms with Crippen LogP contribution in [0.25, 0.3) is 0 Å². The molecule has 1 N–H and O–H groups in total. The van der Waals surface area contributed by atoms with Gasteiger partial charge in [-0.3, -0.25) is 4.79 Å². The van der Waals surface area contributed by atoms with Crippen LogP contribution in [0.3, 0.4) is 0 Å². The summed E-state index contributed by atoms with van der Waals surface area (Å²) in [5, 5.41) is 3.15. The van der Waals surface area contributed by atoms with E-state index >= 15 is 0 Å². The summed E-state index contributed by atoms with van der Waals surface area (Å²) in [6.07, 6.45) is 0. The Kier molecular flexibility index (Phi) is 3.97. The first-order valence-electron chi connectivity index (χ1n) is 4.23. The van der Waals surface area contributed by atoms with Crippen molar-refractivity contribution in [1.82, 2.24) is 14.7 Å². The van der Waals surface area contributed by atoms with Gasteiger partial charge in [-0.05, 0) is 25.4 Å². The minimum Gasteiger partial charge on any atom is -0.383 e. The zero-order valence-corrected chi connectivity index (χ0v) is 9.22. The van der Waals surface area contributed by atoms with Crippen LogP contribution in [-0.4, -0.2) is 35.0 Å². The summed E-state index contributed by atoms with van der Waals surface area (Å²) in [6.45, 7) is 4.12. The number of aromatic nitrogens is 2. The lowest BCUT2D eigenvalue weighted by Crippen LogP contribution is -2.35. The normalized spacial score (nSPS) is 12.5. The van der Waals surface area contributed by atoms with Gasteiger partial charge in [0, 0.05) is 13.2 Å². The fraction of sp³-hybridized carbons (Fsp3) is 0.625. The predicted molar refractivity (Wildman–Crippen MR) is 53.5 cm³/mol. The second-order valence-electron chi connectivity index (χ2n) is 2.98. The Labute approximate surface area is 86.7 Å². The number of amides is 1. The molecule has 0 unspecified atom stereocenters. The molecule has 1 aromatic rings. The molecular weight excluding hydrogens is 202 g/mol. The van der Waals surface area contributed by atoms with E-state index in [9.17, 15) is 4.79 Å².